The maximum Gasteiger partial charge on any atom is 1.00 e. The quantitative estimate of drug-likeness (QED) is 0.0593. The number of carboxylic acids is 1. The number of amides is 1. The number of aromatic nitrogens is 2. The average molecular weight is 1290 g/mol. The average Bonchev–Trinajstić information content (AvgIpc) is 4.31. The van der Waals surface area contributed by atoms with E-state index < -0.39 is 53.4 Å². The van der Waals surface area contributed by atoms with Crippen LogP contribution in [-0.2, 0) is 56.7 Å². The van der Waals surface area contributed by atoms with E-state index in [0.717, 1.165) is 58.5 Å². The molecule has 0 saturated heterocycles. The number of aromatic carboxylic acids is 1. The number of thiazole rings is 2. The number of carboxylic acid groups (broad SMARTS) is 1. The van der Waals surface area contributed by atoms with E-state index in [1.54, 1.807) is 62.5 Å². The van der Waals surface area contributed by atoms with Crippen molar-refractivity contribution in [3.05, 3.63) is 169 Å². The van der Waals surface area contributed by atoms with Gasteiger partial charge < -0.3 is 31.8 Å². The van der Waals surface area contributed by atoms with Crippen LogP contribution in [0.25, 0.3) is 22.5 Å². The van der Waals surface area contributed by atoms with Gasteiger partial charge in [-0.3, -0.25) is 14.4 Å². The monoisotopic (exact) mass is 1290 g/mol. The second kappa shape index (κ2) is 36.3. The Labute approximate surface area is 526 Å². The number of aryl methyl sites for hydroxylation is 3. The fourth-order valence-corrected chi connectivity index (χ4v) is 13.1. The number of thioether (sulfide) groups is 2. The number of rotatable bonds is 21. The van der Waals surface area contributed by atoms with Crippen LogP contribution in [0.5, 0.6) is 0 Å². The minimum Gasteiger partial charge on any atom is -0.870 e. The number of carbonyl (C=O) groups excluding carboxylic acids is 4. The number of ketones is 2. The SMILES string of the molecule is COC(=O)c1ccc(C)c(S(C)(=O)=O)c1.CSCC[C@H](N)C(=O)Cc1nc(-c2ccccc2)cs1.CSCC[C@H](NC(=O)c1ccc(C)c(S(C)(=O)=O)c1)C(=O)Cc1nc(-c2ccccc2)cs1.Cc1ccc(C(=O)O)cc1S(C)(=O)=O.O.[Li+].[OH-]. The van der Waals surface area contributed by atoms with Gasteiger partial charge in [-0.05, 0) is 111 Å². The number of esters is 1. The second-order valence-corrected chi connectivity index (χ2v) is 28.3. The molecule has 7 aromatic rings. The molecule has 0 bridgehead atoms. The third-order valence-electron chi connectivity index (χ3n) is 11.9. The Morgan fingerprint density at radius 2 is 0.976 bits per heavy atom. The van der Waals surface area contributed by atoms with Crippen LogP contribution in [0.2, 0.25) is 0 Å². The molecule has 0 aliphatic carbocycles. The Balaban J connectivity index is 0.000000598. The van der Waals surface area contributed by atoms with Gasteiger partial charge in [-0.25, -0.2) is 44.8 Å². The maximum absolute atomic E-state index is 13.1. The van der Waals surface area contributed by atoms with Crippen LogP contribution >= 0.6 is 46.2 Å². The molecule has 19 nitrogen and oxygen atoms in total. The zero-order chi connectivity index (χ0) is 61.0. The van der Waals surface area contributed by atoms with E-state index in [1.165, 1.54) is 66.2 Å². The smallest absolute Gasteiger partial charge is 0.870 e. The van der Waals surface area contributed by atoms with Crippen LogP contribution in [-0.4, -0.2) is 143 Å². The first-order chi connectivity index (χ1) is 38.6. The molecule has 1 amide bonds. The molecule has 7 N–H and O–H groups in total. The van der Waals surface area contributed by atoms with Gasteiger partial charge >= 0.3 is 30.8 Å². The molecule has 85 heavy (non-hydrogen) atoms. The number of hydrogen-bond donors (Lipinski definition) is 3. The van der Waals surface area contributed by atoms with E-state index in [-0.39, 0.29) is 85.2 Å². The Morgan fingerprint density at radius 3 is 1.38 bits per heavy atom. The maximum atomic E-state index is 13.1. The standard InChI is InChI=1S/C24H26N2O4S3.C15H18N2OS2.C10H12O4S.C9H10O4S.Li.2H2O/c1-16-9-10-18(13-22(16)33(3,29)30)24(28)26-19(11-12-31-2)21(27)14-23-25-20(15-32-23)17-7-5-4-6-8-17;1-19-8-7-12(16)14(18)9-15-17-13(10-20-15)11-5-3-2-4-6-11;1-7-4-5-8(10(11)14-2)6-9(7)15(3,12)13;1-6-3-4-7(9(10)11)5-8(6)14(2,12)13;;;/h4-10,13,15,19H,11-12,14H2,1-3H3,(H,26,28);2-6,10,12H,7-9,16H2,1H3;4-6H,1-3H3;3-5H,1-2H3,(H,10,11);;2*1H2/q;;;;+1;;/p-1/t19-;12-;;;;;/m00...../s1. The number of ether oxygens (including phenoxy) is 1. The predicted octanol–water partition coefficient (Wildman–Crippen LogP) is 5.47. The molecule has 0 spiro atoms. The molecule has 2 aromatic heterocycles. The second-order valence-electron chi connectivity index (χ2n) is 18.5. The van der Waals surface area contributed by atoms with E-state index in [9.17, 15) is 49.2 Å². The van der Waals surface area contributed by atoms with Crippen LogP contribution in [0, 0.1) is 20.8 Å². The number of carbonyl (C=O) groups is 5. The normalized spacial score (nSPS) is 11.5. The molecule has 454 valence electrons. The van der Waals surface area contributed by atoms with Crippen LogP contribution in [0.1, 0.15) is 70.6 Å². The van der Waals surface area contributed by atoms with E-state index in [2.05, 4.69) is 20.0 Å². The number of sulfone groups is 3. The molecule has 2 heterocycles. The minimum atomic E-state index is -3.47. The topological polar surface area (TPSA) is 343 Å². The van der Waals surface area contributed by atoms with Crippen molar-refractivity contribution in [2.24, 2.45) is 5.73 Å². The molecular formula is C58H69LiN4O15S7. The van der Waals surface area contributed by atoms with Gasteiger partial charge in [0.1, 0.15) is 10.0 Å². The summed E-state index contributed by atoms with van der Waals surface area (Å²) in [6, 6.07) is 31.7. The van der Waals surface area contributed by atoms with Gasteiger partial charge in [0, 0.05) is 46.2 Å². The fraction of sp³-hybridized carbons (Fsp3) is 0.293. The van der Waals surface area contributed by atoms with Crippen LogP contribution in [0.15, 0.2) is 141 Å². The molecule has 0 unspecified atom stereocenters. The van der Waals surface area contributed by atoms with Crippen LogP contribution in [0.4, 0.5) is 0 Å². The number of methoxy groups -OCH3 is 1. The first kappa shape index (κ1) is 77.2. The van der Waals surface area contributed by atoms with Crippen LogP contribution in [0.3, 0.4) is 0 Å². The van der Waals surface area contributed by atoms with Crippen molar-refractivity contribution >= 4 is 105 Å². The predicted molar refractivity (Wildman–Crippen MR) is 334 cm³/mol. The molecule has 0 aliphatic rings. The molecule has 0 radical (unpaired) electrons. The zero-order valence-corrected chi connectivity index (χ0v) is 54.4. The third-order valence-corrected chi connectivity index (χ3v) is 18.6. The first-order valence-corrected chi connectivity index (χ1v) is 35.1. The Kier molecular flexibility index (Phi) is 33.0. The third kappa shape index (κ3) is 24.8. The molecular weight excluding hydrogens is 1220 g/mol. The molecule has 0 saturated carbocycles. The molecule has 0 fully saturated rings. The van der Waals surface area contributed by atoms with Crippen molar-refractivity contribution in [1.29, 1.82) is 0 Å². The van der Waals surface area contributed by atoms with Crippen molar-refractivity contribution in [2.75, 3.05) is 49.9 Å². The molecule has 2 atom stereocenters. The van der Waals surface area contributed by atoms with E-state index >= 15 is 0 Å². The zero-order valence-electron chi connectivity index (χ0n) is 48.6. The van der Waals surface area contributed by atoms with Gasteiger partial charge in [-0.15, -0.1) is 22.7 Å². The van der Waals surface area contributed by atoms with Gasteiger partial charge in [0.2, 0.25) is 0 Å². The number of hydrogen-bond acceptors (Lipinski definition) is 20. The van der Waals surface area contributed by atoms with E-state index in [1.807, 2.05) is 83.9 Å². The van der Waals surface area contributed by atoms with Gasteiger partial charge in [-0.2, -0.15) is 23.5 Å². The Hall–Kier alpha value is -5.86. The van der Waals surface area contributed by atoms with E-state index in [0.29, 0.717) is 40.3 Å². The van der Waals surface area contributed by atoms with Gasteiger partial charge in [-0.1, -0.05) is 78.9 Å². The Morgan fingerprint density at radius 1 is 0.600 bits per heavy atom. The van der Waals surface area contributed by atoms with Crippen molar-refractivity contribution in [3.63, 3.8) is 0 Å². The molecule has 5 aromatic carbocycles. The molecule has 7 rings (SSSR count). The summed E-state index contributed by atoms with van der Waals surface area (Å²) in [6.07, 6.45) is 8.91. The number of nitrogens with one attached hydrogen (secondary N) is 1. The van der Waals surface area contributed by atoms with Crippen LogP contribution < -0.4 is 29.9 Å². The number of nitrogens with two attached hydrogens (primary N) is 1. The Bertz CT molecular complexity index is 3700. The summed E-state index contributed by atoms with van der Waals surface area (Å²) < 4.78 is 73.7. The summed E-state index contributed by atoms with van der Waals surface area (Å²) in [5, 5.41) is 16.9. The number of Topliss-reactive ketones (excluding diaryl/α,β-unsaturated/α-hetero) is 2. The molecule has 0 aliphatic heterocycles. The van der Waals surface area contributed by atoms with Crippen molar-refractivity contribution in [1.82, 2.24) is 15.3 Å². The fourth-order valence-electron chi connectivity index (χ4n) is 7.53. The first-order valence-electron chi connectivity index (χ1n) is 24.9. The molecule has 27 heteroatoms. The van der Waals surface area contributed by atoms with Gasteiger partial charge in [0.05, 0.1) is 69.2 Å². The van der Waals surface area contributed by atoms with Gasteiger partial charge in [0.25, 0.3) is 5.91 Å². The summed E-state index contributed by atoms with van der Waals surface area (Å²) >= 11 is 6.24. The van der Waals surface area contributed by atoms with Crippen molar-refractivity contribution in [2.45, 2.75) is 73.2 Å². The summed E-state index contributed by atoms with van der Waals surface area (Å²) in [7, 11) is -8.87. The largest absolute Gasteiger partial charge is 1.00 e. The van der Waals surface area contributed by atoms with E-state index in [4.69, 9.17) is 10.8 Å². The number of benzene rings is 5. The summed E-state index contributed by atoms with van der Waals surface area (Å²) in [4.78, 5) is 69.2. The summed E-state index contributed by atoms with van der Waals surface area (Å²) in [6.45, 7) is 4.99. The van der Waals surface area contributed by atoms with Gasteiger partial charge in [0.15, 0.2) is 41.1 Å². The van der Waals surface area contributed by atoms with Crippen molar-refractivity contribution < 1.29 is 88.9 Å². The van der Waals surface area contributed by atoms with Crippen molar-refractivity contribution in [3.8, 4) is 22.5 Å². The summed E-state index contributed by atoms with van der Waals surface area (Å²) in [5.74, 6) is -0.570. The minimum absolute atomic E-state index is 0. The number of nitrogens with zero attached hydrogens (tertiary/aromatic N) is 2. The summed E-state index contributed by atoms with van der Waals surface area (Å²) in [5.41, 5.74) is 11.9.